The number of nitrogens with one attached hydrogen (secondary N) is 1. The highest BCUT2D eigenvalue weighted by atomic mass is 19.4. The van der Waals surface area contributed by atoms with E-state index in [0.29, 0.717) is 13.2 Å². The molecular weight excluding hydrogens is 259 g/mol. The predicted molar refractivity (Wildman–Crippen MR) is 66.3 cm³/mol. The third-order valence-electron chi connectivity index (χ3n) is 2.25. The summed E-state index contributed by atoms with van der Waals surface area (Å²) in [6, 6.07) is 9.26. The van der Waals surface area contributed by atoms with Gasteiger partial charge in [-0.2, -0.15) is 13.2 Å². The average Bonchev–Trinajstić information content (AvgIpc) is 2.34. The van der Waals surface area contributed by atoms with Crippen molar-refractivity contribution in [3.63, 3.8) is 0 Å². The molecular formula is C13H18F3NO2. The molecule has 0 aromatic heterocycles. The second kappa shape index (κ2) is 8.01. The quantitative estimate of drug-likeness (QED) is 0.741. The Morgan fingerprint density at radius 3 is 2.47 bits per heavy atom. The van der Waals surface area contributed by atoms with E-state index >= 15 is 0 Å². The summed E-state index contributed by atoms with van der Waals surface area (Å²) in [6.07, 6.45) is -4.47. The van der Waals surface area contributed by atoms with Crippen molar-refractivity contribution in [2.75, 3.05) is 26.3 Å². The number of halogens is 3. The third-order valence-corrected chi connectivity index (χ3v) is 2.25. The van der Waals surface area contributed by atoms with Crippen LogP contribution < -0.4 is 10.1 Å². The minimum Gasteiger partial charge on any atom is -0.491 e. The molecule has 0 radical (unpaired) electrons. The number of para-hydroxylation sites is 1. The fraction of sp³-hybridized carbons (Fsp3) is 0.538. The molecule has 0 fully saturated rings. The van der Waals surface area contributed by atoms with Crippen molar-refractivity contribution in [1.29, 1.82) is 0 Å². The Labute approximate surface area is 110 Å². The highest BCUT2D eigenvalue weighted by Gasteiger charge is 2.26. The van der Waals surface area contributed by atoms with Crippen LogP contribution in [0.4, 0.5) is 13.2 Å². The second-order valence-electron chi connectivity index (χ2n) is 4.09. The fourth-order valence-corrected chi connectivity index (χ4v) is 1.40. The van der Waals surface area contributed by atoms with Crippen molar-refractivity contribution in [3.05, 3.63) is 30.3 Å². The molecule has 0 saturated heterocycles. The first-order valence-electron chi connectivity index (χ1n) is 6.04. The molecule has 1 rings (SSSR count). The molecule has 0 aliphatic carbocycles. The number of alkyl halides is 3. The molecule has 1 atom stereocenters. The Morgan fingerprint density at radius 1 is 1.16 bits per heavy atom. The maximum Gasteiger partial charge on any atom is 0.401 e. The zero-order valence-corrected chi connectivity index (χ0v) is 10.7. The topological polar surface area (TPSA) is 30.5 Å². The molecule has 1 aromatic carbocycles. The van der Waals surface area contributed by atoms with Gasteiger partial charge in [0, 0.05) is 6.54 Å². The van der Waals surface area contributed by atoms with Gasteiger partial charge >= 0.3 is 6.18 Å². The average molecular weight is 277 g/mol. The van der Waals surface area contributed by atoms with Crippen LogP contribution in [-0.2, 0) is 4.74 Å². The van der Waals surface area contributed by atoms with Crippen LogP contribution in [0.2, 0.25) is 0 Å². The van der Waals surface area contributed by atoms with Gasteiger partial charge in [-0.25, -0.2) is 0 Å². The van der Waals surface area contributed by atoms with Crippen LogP contribution in [0, 0.1) is 0 Å². The Morgan fingerprint density at radius 2 is 1.84 bits per heavy atom. The van der Waals surface area contributed by atoms with E-state index in [2.05, 4.69) is 5.32 Å². The lowest BCUT2D eigenvalue weighted by Crippen LogP contribution is -2.35. The standard InChI is InChI=1S/C13H18F3NO2/c1-11(9-17-10-13(14,15)16)18-7-8-19-12-5-3-2-4-6-12/h2-6,11,17H,7-10H2,1H3. The molecule has 0 aliphatic heterocycles. The van der Waals surface area contributed by atoms with E-state index < -0.39 is 12.7 Å². The molecule has 1 N–H and O–H groups in total. The largest absolute Gasteiger partial charge is 0.491 e. The minimum absolute atomic E-state index is 0.158. The molecule has 0 amide bonds. The van der Waals surface area contributed by atoms with E-state index in [9.17, 15) is 13.2 Å². The molecule has 0 bridgehead atoms. The normalized spacial score (nSPS) is 13.3. The van der Waals surface area contributed by atoms with E-state index in [-0.39, 0.29) is 12.6 Å². The molecule has 0 aliphatic rings. The van der Waals surface area contributed by atoms with Crippen molar-refractivity contribution in [2.45, 2.75) is 19.2 Å². The van der Waals surface area contributed by atoms with Gasteiger partial charge in [0.25, 0.3) is 0 Å². The van der Waals surface area contributed by atoms with Gasteiger partial charge in [-0.3, -0.25) is 0 Å². The third kappa shape index (κ3) is 8.45. The lowest BCUT2D eigenvalue weighted by Gasteiger charge is -2.15. The highest BCUT2D eigenvalue weighted by Crippen LogP contribution is 2.12. The van der Waals surface area contributed by atoms with E-state index in [1.807, 2.05) is 30.3 Å². The first kappa shape index (κ1) is 15.8. The second-order valence-corrected chi connectivity index (χ2v) is 4.09. The Hall–Kier alpha value is -1.27. The highest BCUT2D eigenvalue weighted by molar-refractivity contribution is 5.20. The van der Waals surface area contributed by atoms with Crippen LogP contribution in [0.15, 0.2) is 30.3 Å². The Balaban J connectivity index is 2.03. The van der Waals surface area contributed by atoms with Gasteiger partial charge in [0.15, 0.2) is 0 Å². The Bertz CT molecular complexity index is 343. The fourth-order valence-electron chi connectivity index (χ4n) is 1.40. The van der Waals surface area contributed by atoms with Gasteiger partial charge < -0.3 is 14.8 Å². The predicted octanol–water partition coefficient (Wildman–Crippen LogP) is 2.62. The van der Waals surface area contributed by atoms with Crippen molar-refractivity contribution >= 4 is 0 Å². The summed E-state index contributed by atoms with van der Waals surface area (Å²) in [7, 11) is 0. The van der Waals surface area contributed by atoms with E-state index in [0.717, 1.165) is 5.75 Å². The molecule has 6 heteroatoms. The number of hydrogen-bond donors (Lipinski definition) is 1. The van der Waals surface area contributed by atoms with Crippen LogP contribution in [0.1, 0.15) is 6.92 Å². The van der Waals surface area contributed by atoms with Crippen LogP contribution in [0.5, 0.6) is 5.75 Å². The van der Waals surface area contributed by atoms with Gasteiger partial charge in [-0.1, -0.05) is 18.2 Å². The SMILES string of the molecule is CC(CNCC(F)(F)F)OCCOc1ccccc1. The van der Waals surface area contributed by atoms with Gasteiger partial charge in [0.2, 0.25) is 0 Å². The molecule has 0 spiro atoms. The molecule has 1 unspecified atom stereocenters. The lowest BCUT2D eigenvalue weighted by atomic mass is 10.3. The lowest BCUT2D eigenvalue weighted by molar-refractivity contribution is -0.125. The van der Waals surface area contributed by atoms with E-state index in [1.54, 1.807) is 6.92 Å². The molecule has 3 nitrogen and oxygen atoms in total. The summed E-state index contributed by atoms with van der Waals surface area (Å²) in [4.78, 5) is 0. The monoisotopic (exact) mass is 277 g/mol. The number of hydrogen-bond acceptors (Lipinski definition) is 3. The first-order chi connectivity index (χ1) is 8.97. The molecule has 0 saturated carbocycles. The van der Waals surface area contributed by atoms with Crippen LogP contribution in [0.25, 0.3) is 0 Å². The molecule has 0 heterocycles. The number of benzene rings is 1. The minimum atomic E-state index is -4.18. The summed E-state index contributed by atoms with van der Waals surface area (Å²) >= 11 is 0. The molecule has 19 heavy (non-hydrogen) atoms. The van der Waals surface area contributed by atoms with Gasteiger partial charge in [-0.05, 0) is 19.1 Å². The summed E-state index contributed by atoms with van der Waals surface area (Å²) < 4.78 is 46.3. The summed E-state index contributed by atoms with van der Waals surface area (Å²) in [5, 5.41) is 2.29. The first-order valence-corrected chi connectivity index (χ1v) is 6.04. The number of ether oxygens (including phenoxy) is 2. The van der Waals surface area contributed by atoms with Gasteiger partial charge in [0.1, 0.15) is 12.4 Å². The summed E-state index contributed by atoms with van der Waals surface area (Å²) in [5.41, 5.74) is 0. The van der Waals surface area contributed by atoms with Crippen LogP contribution in [0.3, 0.4) is 0 Å². The van der Waals surface area contributed by atoms with E-state index in [1.165, 1.54) is 0 Å². The van der Waals surface area contributed by atoms with E-state index in [4.69, 9.17) is 9.47 Å². The zero-order valence-electron chi connectivity index (χ0n) is 10.7. The van der Waals surface area contributed by atoms with Gasteiger partial charge in [0.05, 0.1) is 19.3 Å². The molecule has 108 valence electrons. The van der Waals surface area contributed by atoms with Crippen molar-refractivity contribution < 1.29 is 22.6 Å². The van der Waals surface area contributed by atoms with Crippen LogP contribution >= 0.6 is 0 Å². The summed E-state index contributed by atoms with van der Waals surface area (Å²) in [5.74, 6) is 0.744. The van der Waals surface area contributed by atoms with Crippen molar-refractivity contribution in [2.24, 2.45) is 0 Å². The van der Waals surface area contributed by atoms with Crippen molar-refractivity contribution in [1.82, 2.24) is 5.32 Å². The maximum atomic E-state index is 11.9. The maximum absolute atomic E-state index is 11.9. The smallest absolute Gasteiger partial charge is 0.401 e. The zero-order chi connectivity index (χ0) is 14.1. The summed E-state index contributed by atoms with van der Waals surface area (Å²) in [6.45, 7) is 1.58. The van der Waals surface area contributed by atoms with Crippen molar-refractivity contribution in [3.8, 4) is 5.75 Å². The molecule has 1 aromatic rings. The van der Waals surface area contributed by atoms with Gasteiger partial charge in [-0.15, -0.1) is 0 Å². The van der Waals surface area contributed by atoms with Crippen LogP contribution in [-0.4, -0.2) is 38.6 Å². The number of rotatable bonds is 8. The Kier molecular flexibility index (Phi) is 6.66.